The quantitative estimate of drug-likeness (QED) is 0.770. The highest BCUT2D eigenvalue weighted by Crippen LogP contribution is 2.30. The fraction of sp³-hybridized carbons (Fsp3) is 0.231. The summed E-state index contributed by atoms with van der Waals surface area (Å²) in [6.45, 7) is 2.81. The lowest BCUT2D eigenvalue weighted by Crippen LogP contribution is -2.16. The molecule has 2 aromatic rings. The molecular formula is C13H13F2N3O4S. The predicted octanol–water partition coefficient (Wildman–Crippen LogP) is 2.46. The lowest BCUT2D eigenvalue weighted by Gasteiger charge is -2.11. The largest absolute Gasteiger partial charge is 0.478 e. The number of benzene rings is 1. The number of H-pyrrole nitrogens is 1. The van der Waals surface area contributed by atoms with Gasteiger partial charge in [-0.15, -0.1) is 0 Å². The minimum atomic E-state index is -4.17. The zero-order valence-corrected chi connectivity index (χ0v) is 12.9. The standard InChI is InChI=1S/C13H13F2N3O4S/c1-6-5-8(13(19)20)3-4-9(6)23(21,22)18-10-7(2)16-17-11(10)12(14)15/h3-5,12,18H,1-2H3,(H,16,17)(H,19,20). The molecule has 0 aliphatic heterocycles. The molecule has 0 amide bonds. The van der Waals surface area contributed by atoms with Crippen LogP contribution in [0.15, 0.2) is 23.1 Å². The number of aromatic nitrogens is 2. The fourth-order valence-electron chi connectivity index (χ4n) is 2.01. The van der Waals surface area contributed by atoms with Crippen molar-refractivity contribution in [3.05, 3.63) is 40.7 Å². The molecule has 0 saturated heterocycles. The molecule has 0 unspecified atom stereocenters. The van der Waals surface area contributed by atoms with Gasteiger partial charge in [-0.05, 0) is 37.6 Å². The van der Waals surface area contributed by atoms with E-state index in [1.165, 1.54) is 19.9 Å². The molecule has 23 heavy (non-hydrogen) atoms. The van der Waals surface area contributed by atoms with Crippen LogP contribution in [-0.4, -0.2) is 29.7 Å². The number of aromatic amines is 1. The number of alkyl halides is 2. The SMILES string of the molecule is Cc1cc(C(=O)O)ccc1S(=O)(=O)Nc1c(C(F)F)n[nH]c1C. The van der Waals surface area contributed by atoms with Gasteiger partial charge in [0.05, 0.1) is 21.8 Å². The number of halogens is 2. The average Bonchev–Trinajstić information content (AvgIpc) is 2.79. The van der Waals surface area contributed by atoms with E-state index in [9.17, 15) is 22.0 Å². The topological polar surface area (TPSA) is 112 Å². The summed E-state index contributed by atoms with van der Waals surface area (Å²) in [6.07, 6.45) is -2.95. The second-order valence-corrected chi connectivity index (χ2v) is 6.45. The number of nitrogens with zero attached hydrogens (tertiary/aromatic N) is 1. The Kier molecular flexibility index (Phi) is 4.37. The third-order valence-electron chi connectivity index (χ3n) is 3.13. The number of sulfonamides is 1. The highest BCUT2D eigenvalue weighted by molar-refractivity contribution is 7.92. The van der Waals surface area contributed by atoms with Crippen LogP contribution in [0.1, 0.15) is 33.7 Å². The van der Waals surface area contributed by atoms with Crippen LogP contribution in [0.25, 0.3) is 0 Å². The third-order valence-corrected chi connectivity index (χ3v) is 4.64. The zero-order chi connectivity index (χ0) is 17.4. The number of carbonyl (C=O) groups is 1. The summed E-state index contributed by atoms with van der Waals surface area (Å²) in [5.74, 6) is -1.20. The summed E-state index contributed by atoms with van der Waals surface area (Å²) >= 11 is 0. The molecule has 10 heteroatoms. The molecule has 2 rings (SSSR count). The third kappa shape index (κ3) is 3.31. The van der Waals surface area contributed by atoms with Crippen LogP contribution in [0.2, 0.25) is 0 Å². The predicted molar refractivity (Wildman–Crippen MR) is 77.2 cm³/mol. The first-order valence-corrected chi connectivity index (χ1v) is 7.81. The number of aromatic carboxylic acids is 1. The second-order valence-electron chi connectivity index (χ2n) is 4.80. The maximum absolute atomic E-state index is 12.9. The number of carboxylic acids is 1. The summed E-state index contributed by atoms with van der Waals surface area (Å²) in [5, 5.41) is 14.6. The van der Waals surface area contributed by atoms with Crippen molar-refractivity contribution in [1.82, 2.24) is 10.2 Å². The number of anilines is 1. The van der Waals surface area contributed by atoms with Crippen molar-refractivity contribution >= 4 is 21.7 Å². The van der Waals surface area contributed by atoms with Crippen LogP contribution in [0.4, 0.5) is 14.5 Å². The van der Waals surface area contributed by atoms with Gasteiger partial charge in [0.25, 0.3) is 16.4 Å². The van der Waals surface area contributed by atoms with Crippen LogP contribution in [-0.2, 0) is 10.0 Å². The van der Waals surface area contributed by atoms with Gasteiger partial charge < -0.3 is 5.11 Å². The Morgan fingerprint density at radius 1 is 1.35 bits per heavy atom. The maximum atomic E-state index is 12.9. The van der Waals surface area contributed by atoms with E-state index in [2.05, 4.69) is 14.9 Å². The highest BCUT2D eigenvalue weighted by Gasteiger charge is 2.25. The summed E-state index contributed by atoms with van der Waals surface area (Å²) in [6, 6.07) is 3.42. The van der Waals surface area contributed by atoms with Gasteiger partial charge in [0, 0.05) is 0 Å². The van der Waals surface area contributed by atoms with Gasteiger partial charge in [0.1, 0.15) is 0 Å². The minimum Gasteiger partial charge on any atom is -0.478 e. The van der Waals surface area contributed by atoms with E-state index >= 15 is 0 Å². The first kappa shape index (κ1) is 16.9. The van der Waals surface area contributed by atoms with Crippen molar-refractivity contribution < 1.29 is 27.1 Å². The lowest BCUT2D eigenvalue weighted by atomic mass is 10.1. The average molecular weight is 345 g/mol. The van der Waals surface area contributed by atoms with E-state index in [0.29, 0.717) is 0 Å². The normalized spacial score (nSPS) is 11.7. The van der Waals surface area contributed by atoms with E-state index in [-0.39, 0.29) is 27.4 Å². The number of nitrogens with one attached hydrogen (secondary N) is 2. The minimum absolute atomic E-state index is 0.0748. The van der Waals surface area contributed by atoms with Gasteiger partial charge in [0.15, 0.2) is 5.69 Å². The lowest BCUT2D eigenvalue weighted by molar-refractivity contribution is 0.0696. The van der Waals surface area contributed by atoms with Gasteiger partial charge in [0.2, 0.25) is 0 Å². The maximum Gasteiger partial charge on any atom is 0.335 e. The summed E-state index contributed by atoms with van der Waals surface area (Å²) in [5.41, 5.74) is -0.775. The Balaban J connectivity index is 2.44. The molecule has 0 atom stereocenters. The Morgan fingerprint density at radius 2 is 2.00 bits per heavy atom. The van der Waals surface area contributed by atoms with Gasteiger partial charge >= 0.3 is 5.97 Å². The first-order chi connectivity index (χ1) is 10.6. The van der Waals surface area contributed by atoms with Gasteiger partial charge in [-0.2, -0.15) is 5.10 Å². The van der Waals surface area contributed by atoms with Crippen molar-refractivity contribution in [2.45, 2.75) is 25.2 Å². The molecule has 1 aromatic heterocycles. The number of carboxylic acid groups (broad SMARTS) is 1. The van der Waals surface area contributed by atoms with Crippen LogP contribution in [0.5, 0.6) is 0 Å². The van der Waals surface area contributed by atoms with E-state index in [1.54, 1.807) is 0 Å². The van der Waals surface area contributed by atoms with Crippen molar-refractivity contribution in [1.29, 1.82) is 0 Å². The van der Waals surface area contributed by atoms with E-state index in [0.717, 1.165) is 12.1 Å². The molecule has 1 heterocycles. The first-order valence-electron chi connectivity index (χ1n) is 6.33. The van der Waals surface area contributed by atoms with Crippen molar-refractivity contribution in [3.8, 4) is 0 Å². The molecule has 0 saturated carbocycles. The van der Waals surface area contributed by atoms with Crippen molar-refractivity contribution in [2.24, 2.45) is 0 Å². The number of hydrogen-bond acceptors (Lipinski definition) is 4. The molecule has 124 valence electrons. The Morgan fingerprint density at radius 3 is 2.52 bits per heavy atom. The molecule has 0 radical (unpaired) electrons. The highest BCUT2D eigenvalue weighted by atomic mass is 32.2. The van der Waals surface area contributed by atoms with Crippen LogP contribution < -0.4 is 4.72 Å². The van der Waals surface area contributed by atoms with Gasteiger partial charge in [-0.25, -0.2) is 22.0 Å². The summed E-state index contributed by atoms with van der Waals surface area (Å²) < 4.78 is 52.6. The van der Waals surface area contributed by atoms with Crippen LogP contribution in [0.3, 0.4) is 0 Å². The van der Waals surface area contributed by atoms with Crippen molar-refractivity contribution in [2.75, 3.05) is 4.72 Å². The molecule has 1 aromatic carbocycles. The molecule has 7 nitrogen and oxygen atoms in total. The molecule has 0 bridgehead atoms. The molecule has 0 aliphatic carbocycles. The van der Waals surface area contributed by atoms with E-state index < -0.39 is 28.1 Å². The van der Waals surface area contributed by atoms with Crippen molar-refractivity contribution in [3.63, 3.8) is 0 Å². The zero-order valence-electron chi connectivity index (χ0n) is 12.1. The van der Waals surface area contributed by atoms with Gasteiger partial charge in [-0.3, -0.25) is 9.82 Å². The molecule has 3 N–H and O–H groups in total. The fourth-order valence-corrected chi connectivity index (χ4v) is 3.37. The van der Waals surface area contributed by atoms with Gasteiger partial charge in [-0.1, -0.05) is 0 Å². The van der Waals surface area contributed by atoms with Crippen LogP contribution in [0, 0.1) is 13.8 Å². The number of hydrogen-bond donors (Lipinski definition) is 3. The summed E-state index contributed by atoms with van der Waals surface area (Å²) in [7, 11) is -4.17. The van der Waals surface area contributed by atoms with E-state index in [4.69, 9.17) is 5.11 Å². The number of rotatable bonds is 5. The molecule has 0 aliphatic rings. The molecule has 0 spiro atoms. The second kappa shape index (κ2) is 5.95. The van der Waals surface area contributed by atoms with E-state index in [1.807, 2.05) is 0 Å². The Hall–Kier alpha value is -2.49. The van der Waals surface area contributed by atoms with Crippen LogP contribution >= 0.6 is 0 Å². The molecule has 0 fully saturated rings. The monoisotopic (exact) mass is 345 g/mol. The smallest absolute Gasteiger partial charge is 0.335 e. The molecular weight excluding hydrogens is 332 g/mol. The Bertz CT molecular complexity index is 862. The summed E-state index contributed by atoms with van der Waals surface area (Å²) in [4.78, 5) is 10.7. The number of aryl methyl sites for hydroxylation is 2. The Labute approximate surface area is 130 Å².